The maximum atomic E-state index is 13.1. The highest BCUT2D eigenvalue weighted by atomic mass is 32.2. The van der Waals surface area contributed by atoms with E-state index >= 15 is 0 Å². The molecule has 1 saturated heterocycles. The van der Waals surface area contributed by atoms with Gasteiger partial charge in [-0.2, -0.15) is 4.80 Å². The maximum absolute atomic E-state index is 13.1. The van der Waals surface area contributed by atoms with Gasteiger partial charge in [0.05, 0.1) is 5.75 Å². The smallest absolute Gasteiger partial charge is 0.352 e. The second-order valence-electron chi connectivity index (χ2n) is 7.14. The van der Waals surface area contributed by atoms with Crippen LogP contribution >= 0.6 is 35.3 Å². The SMILES string of the molecule is CO[C@@]1(NC(=O)CSCn2nnc(C)n2)C(=O)N2C(C(=O)O)=C(CSc3nnnn3C)CSC21. The fourth-order valence-electron chi connectivity index (χ4n) is 3.39. The number of carbonyl (C=O) groups is 3. The fourth-order valence-corrected chi connectivity index (χ4v) is 6.44. The highest BCUT2D eigenvalue weighted by molar-refractivity contribution is 8.01. The van der Waals surface area contributed by atoms with Crippen molar-refractivity contribution < 1.29 is 24.2 Å². The molecular weight excluding hydrogens is 508 g/mol. The molecule has 2 aliphatic rings. The molecule has 1 fully saturated rings. The van der Waals surface area contributed by atoms with Crippen molar-refractivity contribution in [3.63, 3.8) is 0 Å². The van der Waals surface area contributed by atoms with Crippen molar-refractivity contribution in [3.05, 3.63) is 17.1 Å². The van der Waals surface area contributed by atoms with Gasteiger partial charge in [0, 0.05) is 25.7 Å². The number of hydrogen-bond acceptors (Lipinski definition) is 13. The molecule has 182 valence electrons. The van der Waals surface area contributed by atoms with Gasteiger partial charge in [-0.15, -0.1) is 38.8 Å². The van der Waals surface area contributed by atoms with Gasteiger partial charge in [-0.3, -0.25) is 14.5 Å². The Morgan fingerprint density at radius 3 is 2.76 bits per heavy atom. The molecule has 2 N–H and O–H groups in total. The third kappa shape index (κ3) is 4.49. The normalized spacial score (nSPS) is 21.9. The summed E-state index contributed by atoms with van der Waals surface area (Å²) in [7, 11) is 2.98. The van der Waals surface area contributed by atoms with Crippen LogP contribution in [-0.4, -0.2) is 104 Å². The number of amides is 2. The molecule has 4 rings (SSSR count). The average molecular weight is 529 g/mol. The number of methoxy groups -OCH3 is 1. The van der Waals surface area contributed by atoms with Crippen molar-refractivity contribution in [2.75, 3.05) is 24.4 Å². The molecule has 2 atom stereocenters. The van der Waals surface area contributed by atoms with E-state index in [0.29, 0.717) is 28.2 Å². The highest BCUT2D eigenvalue weighted by Gasteiger charge is 2.66. The largest absolute Gasteiger partial charge is 0.477 e. The Labute approximate surface area is 205 Å². The molecular formula is C16H20N10O5S3. The monoisotopic (exact) mass is 528 g/mol. The lowest BCUT2D eigenvalue weighted by Crippen LogP contribution is -2.80. The van der Waals surface area contributed by atoms with E-state index in [4.69, 9.17) is 4.74 Å². The van der Waals surface area contributed by atoms with Crippen LogP contribution in [0, 0.1) is 6.92 Å². The Balaban J connectivity index is 1.43. The molecule has 0 aliphatic carbocycles. The summed E-state index contributed by atoms with van der Waals surface area (Å²) in [6.07, 6.45) is 0. The van der Waals surface area contributed by atoms with Crippen LogP contribution in [0.5, 0.6) is 0 Å². The first-order valence-electron chi connectivity index (χ1n) is 9.71. The lowest BCUT2D eigenvalue weighted by molar-refractivity contribution is -0.192. The number of nitrogens with one attached hydrogen (secondary N) is 1. The number of hydrogen-bond donors (Lipinski definition) is 2. The van der Waals surface area contributed by atoms with Crippen molar-refractivity contribution in [1.82, 2.24) is 50.6 Å². The van der Waals surface area contributed by atoms with E-state index in [1.54, 1.807) is 14.0 Å². The highest BCUT2D eigenvalue weighted by Crippen LogP contribution is 2.47. The van der Waals surface area contributed by atoms with Crippen LogP contribution in [0.2, 0.25) is 0 Å². The standard InChI is InChI=1S/C16H20N10O5S3/c1-8-18-22-25(20-8)7-32-6-10(27)17-16(31-3)13(30)26-11(12(28)29)9(4-33-14(16)26)5-34-15-19-21-23-24(15)2/h14H,4-7H2,1-3H3,(H,17,27)(H,28,29)/t14?,16-/m0/s1. The van der Waals surface area contributed by atoms with Crippen LogP contribution in [0.3, 0.4) is 0 Å². The Kier molecular flexibility index (Phi) is 7.10. The van der Waals surface area contributed by atoms with Gasteiger partial charge >= 0.3 is 5.97 Å². The van der Waals surface area contributed by atoms with Crippen molar-refractivity contribution in [2.24, 2.45) is 7.05 Å². The number of aromatic nitrogens is 8. The van der Waals surface area contributed by atoms with E-state index in [9.17, 15) is 19.5 Å². The van der Waals surface area contributed by atoms with Gasteiger partial charge in [0.25, 0.3) is 11.6 Å². The zero-order valence-electron chi connectivity index (χ0n) is 18.2. The van der Waals surface area contributed by atoms with Crippen LogP contribution in [0.15, 0.2) is 16.4 Å². The Morgan fingerprint density at radius 2 is 2.15 bits per heavy atom. The van der Waals surface area contributed by atoms with E-state index in [-0.39, 0.29) is 17.2 Å². The number of thioether (sulfide) groups is 3. The maximum Gasteiger partial charge on any atom is 0.352 e. The number of nitrogens with zero attached hydrogens (tertiary/aromatic N) is 9. The van der Waals surface area contributed by atoms with Crippen molar-refractivity contribution in [1.29, 1.82) is 0 Å². The summed E-state index contributed by atoms with van der Waals surface area (Å²) in [5.41, 5.74) is -1.20. The van der Waals surface area contributed by atoms with Crippen molar-refractivity contribution >= 4 is 53.1 Å². The predicted octanol–water partition coefficient (Wildman–Crippen LogP) is -1.30. The predicted molar refractivity (Wildman–Crippen MR) is 120 cm³/mol. The summed E-state index contributed by atoms with van der Waals surface area (Å²) in [5, 5.41) is 35.1. The average Bonchev–Trinajstić information content (AvgIpc) is 3.42. The first-order chi connectivity index (χ1) is 16.3. The lowest BCUT2D eigenvalue weighted by Gasteiger charge is -2.55. The second kappa shape index (κ2) is 9.88. The first kappa shape index (κ1) is 24.4. The Morgan fingerprint density at radius 1 is 1.35 bits per heavy atom. The molecule has 2 aromatic heterocycles. The van der Waals surface area contributed by atoms with Gasteiger partial charge in [0.2, 0.25) is 11.1 Å². The molecule has 2 amide bonds. The number of carbonyl (C=O) groups excluding carboxylic acids is 2. The summed E-state index contributed by atoms with van der Waals surface area (Å²) in [5.74, 6) is -0.835. The molecule has 15 nitrogen and oxygen atoms in total. The fraction of sp³-hybridized carbons (Fsp3) is 0.562. The van der Waals surface area contributed by atoms with E-state index in [0.717, 1.165) is 0 Å². The summed E-state index contributed by atoms with van der Waals surface area (Å²) in [4.78, 5) is 40.3. The second-order valence-corrected chi connectivity index (χ2v) is 10.1. The van der Waals surface area contributed by atoms with Gasteiger partial charge in [-0.05, 0) is 28.1 Å². The number of tetrazole rings is 2. The van der Waals surface area contributed by atoms with E-state index in [1.807, 2.05) is 0 Å². The summed E-state index contributed by atoms with van der Waals surface area (Å²) < 4.78 is 6.92. The number of ether oxygens (including phenoxy) is 1. The summed E-state index contributed by atoms with van der Waals surface area (Å²) >= 11 is 3.82. The Bertz CT molecular complexity index is 1150. The van der Waals surface area contributed by atoms with Gasteiger partial charge in [0.15, 0.2) is 5.82 Å². The number of carboxylic acid groups (broad SMARTS) is 1. The minimum absolute atomic E-state index is 0.0195. The zero-order chi connectivity index (χ0) is 24.5. The third-order valence-electron chi connectivity index (χ3n) is 4.91. The van der Waals surface area contributed by atoms with Crippen LogP contribution in [0.25, 0.3) is 0 Å². The third-order valence-corrected chi connectivity index (χ3v) is 8.26. The van der Waals surface area contributed by atoms with Crippen LogP contribution in [-0.2, 0) is 32.0 Å². The van der Waals surface area contributed by atoms with Crippen molar-refractivity contribution in [2.45, 2.75) is 29.1 Å². The first-order valence-corrected chi connectivity index (χ1v) is 12.9. The minimum atomic E-state index is -1.64. The van der Waals surface area contributed by atoms with E-state index in [1.165, 1.54) is 56.8 Å². The number of aliphatic carboxylic acids is 1. The molecule has 0 saturated carbocycles. The number of β-lactam (4-membered cyclic amide) rings is 1. The van der Waals surface area contributed by atoms with Crippen LogP contribution in [0.4, 0.5) is 0 Å². The molecule has 2 aromatic rings. The molecule has 1 unspecified atom stereocenters. The molecule has 18 heteroatoms. The van der Waals surface area contributed by atoms with Gasteiger partial charge < -0.3 is 15.2 Å². The molecule has 4 heterocycles. The number of carboxylic acids is 1. The lowest BCUT2D eigenvalue weighted by atomic mass is 9.98. The van der Waals surface area contributed by atoms with Gasteiger partial charge in [-0.1, -0.05) is 11.8 Å². The Hall–Kier alpha value is -2.70. The molecule has 0 aromatic carbocycles. The number of aryl methyl sites for hydroxylation is 2. The van der Waals surface area contributed by atoms with E-state index in [2.05, 4.69) is 36.3 Å². The molecule has 0 bridgehead atoms. The van der Waals surface area contributed by atoms with Crippen LogP contribution < -0.4 is 5.32 Å². The van der Waals surface area contributed by atoms with E-state index < -0.39 is 28.9 Å². The number of fused-ring (bicyclic) bond motifs is 1. The molecule has 0 radical (unpaired) electrons. The molecule has 34 heavy (non-hydrogen) atoms. The summed E-state index contributed by atoms with van der Waals surface area (Å²) in [6.45, 7) is 1.70. The molecule has 0 spiro atoms. The quantitative estimate of drug-likeness (QED) is 0.211. The zero-order valence-corrected chi connectivity index (χ0v) is 20.7. The minimum Gasteiger partial charge on any atom is -0.477 e. The number of rotatable bonds is 10. The van der Waals surface area contributed by atoms with Crippen molar-refractivity contribution in [3.8, 4) is 0 Å². The molecule has 2 aliphatic heterocycles. The summed E-state index contributed by atoms with van der Waals surface area (Å²) in [6, 6.07) is 0. The van der Waals surface area contributed by atoms with Gasteiger partial charge in [0.1, 0.15) is 16.9 Å². The topological polar surface area (TPSA) is 183 Å². The van der Waals surface area contributed by atoms with Crippen LogP contribution in [0.1, 0.15) is 5.82 Å². The van der Waals surface area contributed by atoms with Gasteiger partial charge in [-0.25, -0.2) is 9.48 Å².